The van der Waals surface area contributed by atoms with Gasteiger partial charge in [-0.25, -0.2) is 9.18 Å². The number of hydrogen-bond donors (Lipinski definition) is 2. The largest absolute Gasteiger partial charge is 0.477 e. The van der Waals surface area contributed by atoms with E-state index in [4.69, 9.17) is 16.7 Å². The first kappa shape index (κ1) is 13.8. The van der Waals surface area contributed by atoms with Crippen molar-refractivity contribution in [1.29, 1.82) is 0 Å². The Kier molecular flexibility index (Phi) is 4.07. The van der Waals surface area contributed by atoms with Gasteiger partial charge in [0.2, 0.25) is 0 Å². The lowest BCUT2D eigenvalue weighted by atomic mass is 10.2. The van der Waals surface area contributed by atoms with Gasteiger partial charge in [-0.1, -0.05) is 11.6 Å². The summed E-state index contributed by atoms with van der Waals surface area (Å²) in [6.45, 7) is 2.21. The molecule has 1 aromatic heterocycles. The minimum absolute atomic E-state index is 0.283. The molecule has 0 aliphatic heterocycles. The van der Waals surface area contributed by atoms with Gasteiger partial charge in [-0.15, -0.1) is 11.3 Å². The number of aromatic carboxylic acids is 1. The summed E-state index contributed by atoms with van der Waals surface area (Å²) in [7, 11) is 0. The minimum atomic E-state index is -0.947. The van der Waals surface area contributed by atoms with Gasteiger partial charge in [0.1, 0.15) is 10.7 Å². The van der Waals surface area contributed by atoms with Crippen molar-refractivity contribution in [3.63, 3.8) is 0 Å². The molecule has 6 heteroatoms. The van der Waals surface area contributed by atoms with Crippen molar-refractivity contribution in [3.05, 3.63) is 50.4 Å². The van der Waals surface area contributed by atoms with E-state index in [1.165, 1.54) is 17.4 Å². The third-order valence-electron chi connectivity index (χ3n) is 2.63. The summed E-state index contributed by atoms with van der Waals surface area (Å²) in [6.07, 6.45) is 0. The van der Waals surface area contributed by atoms with Crippen LogP contribution in [0.1, 0.15) is 20.1 Å². The zero-order chi connectivity index (χ0) is 14.0. The Morgan fingerprint density at radius 1 is 1.47 bits per heavy atom. The van der Waals surface area contributed by atoms with Gasteiger partial charge in [-0.2, -0.15) is 0 Å². The molecule has 2 aromatic rings. The number of rotatable bonds is 4. The molecule has 0 aliphatic carbocycles. The fourth-order valence-corrected chi connectivity index (χ4v) is 2.66. The van der Waals surface area contributed by atoms with Crippen LogP contribution in [0.2, 0.25) is 5.02 Å². The molecule has 0 atom stereocenters. The van der Waals surface area contributed by atoms with Gasteiger partial charge in [-0.3, -0.25) is 0 Å². The molecule has 0 aliphatic rings. The van der Waals surface area contributed by atoms with Crippen LogP contribution in [0.25, 0.3) is 0 Å². The monoisotopic (exact) mass is 299 g/mol. The number of aryl methyl sites for hydroxylation is 1. The maximum absolute atomic E-state index is 13.5. The molecule has 0 saturated carbocycles. The summed E-state index contributed by atoms with van der Waals surface area (Å²) < 4.78 is 13.5. The SMILES string of the molecule is Cc1sc(C(=O)O)cc1CNc1ccc(Cl)cc1F. The fraction of sp³-hybridized carbons (Fsp3) is 0.154. The van der Waals surface area contributed by atoms with Crippen LogP contribution in [-0.4, -0.2) is 11.1 Å². The first-order valence-electron chi connectivity index (χ1n) is 5.49. The summed E-state index contributed by atoms with van der Waals surface area (Å²) >= 11 is 6.88. The van der Waals surface area contributed by atoms with E-state index in [0.717, 1.165) is 10.4 Å². The lowest BCUT2D eigenvalue weighted by Crippen LogP contribution is -2.01. The zero-order valence-electron chi connectivity index (χ0n) is 10.0. The highest BCUT2D eigenvalue weighted by Gasteiger charge is 2.11. The summed E-state index contributed by atoms with van der Waals surface area (Å²) in [4.78, 5) is 12.0. The maximum Gasteiger partial charge on any atom is 0.345 e. The molecular formula is C13H11ClFNO2S. The molecule has 0 unspecified atom stereocenters. The molecule has 0 radical (unpaired) electrons. The molecule has 1 aromatic carbocycles. The number of benzene rings is 1. The van der Waals surface area contributed by atoms with Crippen molar-refractivity contribution >= 4 is 34.6 Å². The Bertz CT molecular complexity index is 627. The van der Waals surface area contributed by atoms with Gasteiger partial charge in [0.25, 0.3) is 0 Å². The molecule has 0 spiro atoms. The van der Waals surface area contributed by atoms with Gasteiger partial charge in [-0.05, 0) is 36.8 Å². The Balaban J connectivity index is 2.12. The molecule has 0 bridgehead atoms. The van der Waals surface area contributed by atoms with Gasteiger partial charge >= 0.3 is 5.97 Å². The number of carboxylic acid groups (broad SMARTS) is 1. The van der Waals surface area contributed by atoms with Crippen molar-refractivity contribution in [2.75, 3.05) is 5.32 Å². The fourth-order valence-electron chi connectivity index (χ4n) is 1.62. The average molecular weight is 300 g/mol. The van der Waals surface area contributed by atoms with Crippen LogP contribution in [0.5, 0.6) is 0 Å². The summed E-state index contributed by atoms with van der Waals surface area (Å²) in [5.74, 6) is -1.38. The third-order valence-corrected chi connectivity index (χ3v) is 3.95. The van der Waals surface area contributed by atoms with Crippen molar-refractivity contribution < 1.29 is 14.3 Å². The smallest absolute Gasteiger partial charge is 0.345 e. The van der Waals surface area contributed by atoms with E-state index >= 15 is 0 Å². The van der Waals surface area contributed by atoms with Crippen LogP contribution in [0.3, 0.4) is 0 Å². The predicted molar refractivity (Wildman–Crippen MR) is 74.8 cm³/mol. The molecule has 3 nitrogen and oxygen atoms in total. The van der Waals surface area contributed by atoms with Gasteiger partial charge in [0, 0.05) is 16.4 Å². The number of carboxylic acids is 1. The van der Waals surface area contributed by atoms with Gasteiger partial charge < -0.3 is 10.4 Å². The summed E-state index contributed by atoms with van der Waals surface area (Å²) in [5.41, 5.74) is 1.18. The van der Waals surface area contributed by atoms with E-state index < -0.39 is 11.8 Å². The second-order valence-electron chi connectivity index (χ2n) is 3.97. The highest BCUT2D eigenvalue weighted by molar-refractivity contribution is 7.14. The molecule has 19 heavy (non-hydrogen) atoms. The van der Waals surface area contributed by atoms with Crippen molar-refractivity contribution in [2.45, 2.75) is 13.5 Å². The molecular weight excluding hydrogens is 289 g/mol. The number of thiophene rings is 1. The Morgan fingerprint density at radius 3 is 2.79 bits per heavy atom. The zero-order valence-corrected chi connectivity index (χ0v) is 11.6. The molecule has 2 rings (SSSR count). The van der Waals surface area contributed by atoms with Crippen LogP contribution in [-0.2, 0) is 6.54 Å². The summed E-state index contributed by atoms with van der Waals surface area (Å²) in [5, 5.41) is 12.2. The first-order valence-corrected chi connectivity index (χ1v) is 6.68. The van der Waals surface area contributed by atoms with E-state index in [2.05, 4.69) is 5.32 Å². The van der Waals surface area contributed by atoms with Crippen LogP contribution < -0.4 is 5.32 Å². The topological polar surface area (TPSA) is 49.3 Å². The highest BCUT2D eigenvalue weighted by Crippen LogP contribution is 2.24. The minimum Gasteiger partial charge on any atom is -0.477 e. The van der Waals surface area contributed by atoms with Gasteiger partial charge in [0.05, 0.1) is 5.69 Å². The van der Waals surface area contributed by atoms with Crippen molar-refractivity contribution in [3.8, 4) is 0 Å². The number of halogens is 2. The molecule has 100 valence electrons. The Morgan fingerprint density at radius 2 is 2.21 bits per heavy atom. The Hall–Kier alpha value is -1.59. The molecule has 0 fully saturated rings. The van der Waals surface area contributed by atoms with Crippen molar-refractivity contribution in [1.82, 2.24) is 0 Å². The van der Waals surface area contributed by atoms with E-state index in [-0.39, 0.29) is 4.88 Å². The lowest BCUT2D eigenvalue weighted by Gasteiger charge is -2.07. The van der Waals surface area contributed by atoms with E-state index in [0.29, 0.717) is 17.3 Å². The highest BCUT2D eigenvalue weighted by atomic mass is 35.5. The number of hydrogen-bond acceptors (Lipinski definition) is 3. The molecule has 0 amide bonds. The van der Waals surface area contributed by atoms with Crippen LogP contribution in [0.4, 0.5) is 10.1 Å². The van der Waals surface area contributed by atoms with Crippen LogP contribution in [0, 0.1) is 12.7 Å². The third kappa shape index (κ3) is 3.24. The quantitative estimate of drug-likeness (QED) is 0.891. The van der Waals surface area contributed by atoms with Crippen molar-refractivity contribution in [2.24, 2.45) is 0 Å². The van der Waals surface area contributed by atoms with E-state index in [9.17, 15) is 9.18 Å². The second kappa shape index (κ2) is 5.59. The number of nitrogens with one attached hydrogen (secondary N) is 1. The summed E-state index contributed by atoms with van der Waals surface area (Å²) in [6, 6.07) is 5.98. The van der Waals surface area contributed by atoms with E-state index in [1.807, 2.05) is 6.92 Å². The molecule has 0 saturated heterocycles. The number of carbonyl (C=O) groups is 1. The average Bonchev–Trinajstić information content (AvgIpc) is 2.70. The normalized spacial score (nSPS) is 10.5. The number of anilines is 1. The lowest BCUT2D eigenvalue weighted by molar-refractivity contribution is 0.0702. The molecule has 2 N–H and O–H groups in total. The van der Waals surface area contributed by atoms with E-state index in [1.54, 1.807) is 18.2 Å². The van der Waals surface area contributed by atoms with Crippen LogP contribution in [0.15, 0.2) is 24.3 Å². The second-order valence-corrected chi connectivity index (χ2v) is 5.67. The van der Waals surface area contributed by atoms with Crippen LogP contribution >= 0.6 is 22.9 Å². The maximum atomic E-state index is 13.5. The van der Waals surface area contributed by atoms with Gasteiger partial charge in [0.15, 0.2) is 0 Å². The molecule has 1 heterocycles. The Labute approximate surface area is 118 Å². The standard InChI is InChI=1S/C13H11ClFNO2S/c1-7-8(4-12(19-7)13(17)18)6-16-11-3-2-9(14)5-10(11)15/h2-5,16H,6H2,1H3,(H,17,18). The predicted octanol–water partition coefficient (Wildman–Crippen LogP) is 4.16. The first-order chi connectivity index (χ1) is 8.97.